The van der Waals surface area contributed by atoms with Gasteiger partial charge in [0.25, 0.3) is 0 Å². The number of rotatable bonds is 15. The smallest absolute Gasteiger partial charge is 0.414 e. The van der Waals surface area contributed by atoms with Gasteiger partial charge in [-0.2, -0.15) is 0 Å². The second kappa shape index (κ2) is 22.4. The first-order valence-electron chi connectivity index (χ1n) is 19.5. The molecule has 0 aliphatic carbocycles. The predicted molar refractivity (Wildman–Crippen MR) is 212 cm³/mol. The molecule has 0 radical (unpaired) electrons. The molecule has 18 heteroatoms. The summed E-state index contributed by atoms with van der Waals surface area (Å²) in [6.07, 6.45) is 0.709. The molecule has 0 saturated carbocycles. The number of nitrogens with two attached hydrogens (primary N) is 1. The van der Waals surface area contributed by atoms with Gasteiger partial charge in [0.05, 0.1) is 6.04 Å². The fourth-order valence-corrected chi connectivity index (χ4v) is 5.17. The number of ether oxygens (including phenoxy) is 4. The Hall–Kier alpha value is -4.35. The Kier molecular flexibility index (Phi) is 19.9. The molecule has 1 fully saturated rings. The van der Waals surface area contributed by atoms with Crippen LogP contribution in [0.1, 0.15) is 128 Å². The fraction of sp³-hybridized carbons (Fsp3) is 0.816. The summed E-state index contributed by atoms with van der Waals surface area (Å²) >= 11 is 0. The van der Waals surface area contributed by atoms with Crippen LogP contribution in [-0.2, 0) is 28.5 Å². The summed E-state index contributed by atoms with van der Waals surface area (Å²) in [6, 6.07) is -1.75. The quantitative estimate of drug-likeness (QED) is 0.0586. The Morgan fingerprint density at radius 2 is 1.09 bits per heavy atom. The zero-order valence-corrected chi connectivity index (χ0v) is 35.8. The standard InChI is InChI=1S/C38H70N8O10/c1-35(2,3)53-31(49)40-20-15-13-17-26(39)28(47)43-27(18-14-16-21-41-32(50)54-36(4,5)6)29(48)46-22-19-25(24-46)23-42-30(44-33(51)55-37(7,8)9)45-34(52)56-38(10,11)12/h25-27H,13-24,39H2,1-12H3,(H,40,49)(H,41,50)(H,43,47)(H2,42,44,45,51,52)/t25-,26-,27-/m0/s1. The van der Waals surface area contributed by atoms with Crippen LogP contribution in [0.5, 0.6) is 0 Å². The molecule has 3 atom stereocenters. The second-order valence-corrected chi connectivity index (χ2v) is 17.9. The normalized spacial score (nSPS) is 15.7. The number of guanidine groups is 1. The number of carbonyl (C=O) groups is 6. The van der Waals surface area contributed by atoms with Crippen LogP contribution in [0.4, 0.5) is 19.2 Å². The van der Waals surface area contributed by atoms with E-state index >= 15 is 0 Å². The van der Waals surface area contributed by atoms with E-state index in [1.54, 1.807) is 88.0 Å². The molecule has 1 rings (SSSR count). The molecule has 0 aromatic rings. The average Bonchev–Trinajstić information content (AvgIpc) is 3.47. The average molecular weight is 799 g/mol. The van der Waals surface area contributed by atoms with E-state index in [1.165, 1.54) is 0 Å². The fourth-order valence-electron chi connectivity index (χ4n) is 5.17. The van der Waals surface area contributed by atoms with Gasteiger partial charge in [-0.3, -0.25) is 25.2 Å². The number of hydrogen-bond donors (Lipinski definition) is 6. The van der Waals surface area contributed by atoms with Gasteiger partial charge in [0.2, 0.25) is 17.8 Å². The van der Waals surface area contributed by atoms with E-state index in [0.29, 0.717) is 71.1 Å². The lowest BCUT2D eigenvalue weighted by molar-refractivity contribution is -0.136. The third-order valence-electron chi connectivity index (χ3n) is 7.49. The summed E-state index contributed by atoms with van der Waals surface area (Å²) in [5, 5.41) is 13.2. The molecule has 18 nitrogen and oxygen atoms in total. The lowest BCUT2D eigenvalue weighted by atomic mass is 10.1. The van der Waals surface area contributed by atoms with Gasteiger partial charge in [0, 0.05) is 32.7 Å². The molecule has 1 heterocycles. The molecule has 0 bridgehead atoms. The molecule has 0 aromatic carbocycles. The lowest BCUT2D eigenvalue weighted by Gasteiger charge is -2.26. The largest absolute Gasteiger partial charge is 0.444 e. The summed E-state index contributed by atoms with van der Waals surface area (Å²) < 4.78 is 21.1. The Labute approximate surface area is 332 Å². The summed E-state index contributed by atoms with van der Waals surface area (Å²) in [5.74, 6) is -1.03. The van der Waals surface area contributed by atoms with Crippen molar-refractivity contribution in [3.8, 4) is 0 Å². The van der Waals surface area contributed by atoms with Crippen molar-refractivity contribution in [3.63, 3.8) is 0 Å². The van der Waals surface area contributed by atoms with Crippen molar-refractivity contribution in [1.29, 1.82) is 0 Å². The van der Waals surface area contributed by atoms with Crippen LogP contribution in [-0.4, -0.2) is 114 Å². The lowest BCUT2D eigenvalue weighted by Crippen LogP contribution is -2.52. The van der Waals surface area contributed by atoms with Crippen molar-refractivity contribution in [2.45, 2.75) is 163 Å². The topological polar surface area (TPSA) is 241 Å². The summed E-state index contributed by atoms with van der Waals surface area (Å²) in [5.41, 5.74) is 3.40. The highest BCUT2D eigenvalue weighted by molar-refractivity contribution is 6.01. The van der Waals surface area contributed by atoms with Gasteiger partial charge in [-0.25, -0.2) is 19.2 Å². The molecule has 0 aromatic heterocycles. The molecule has 6 amide bonds. The number of alkyl carbamates (subject to hydrolysis) is 4. The van der Waals surface area contributed by atoms with Gasteiger partial charge in [-0.05, 0) is 134 Å². The first-order valence-corrected chi connectivity index (χ1v) is 19.5. The summed E-state index contributed by atoms with van der Waals surface area (Å²) in [7, 11) is 0. The van der Waals surface area contributed by atoms with Crippen LogP contribution in [0.3, 0.4) is 0 Å². The monoisotopic (exact) mass is 799 g/mol. The molecule has 0 unspecified atom stereocenters. The van der Waals surface area contributed by atoms with Crippen molar-refractivity contribution in [3.05, 3.63) is 0 Å². The molecule has 1 aliphatic rings. The zero-order valence-electron chi connectivity index (χ0n) is 35.8. The number of nitrogens with one attached hydrogen (secondary N) is 5. The van der Waals surface area contributed by atoms with Crippen LogP contribution >= 0.6 is 0 Å². The van der Waals surface area contributed by atoms with E-state index in [9.17, 15) is 28.8 Å². The van der Waals surface area contributed by atoms with Crippen LogP contribution in [0.25, 0.3) is 0 Å². The first kappa shape index (κ1) is 49.7. The second-order valence-electron chi connectivity index (χ2n) is 17.9. The number of unbranched alkanes of at least 4 members (excludes halogenated alkanes) is 2. The summed E-state index contributed by atoms with van der Waals surface area (Å²) in [6.45, 7) is 22.4. The zero-order chi connectivity index (χ0) is 42.9. The van der Waals surface area contributed by atoms with Crippen LogP contribution in [0, 0.1) is 5.92 Å². The molecule has 1 saturated heterocycles. The summed E-state index contributed by atoms with van der Waals surface area (Å²) in [4.78, 5) is 82.1. The Balaban J connectivity index is 2.94. The van der Waals surface area contributed by atoms with Gasteiger partial charge in [-0.1, -0.05) is 0 Å². The number of aliphatic imine (C=N–C) groups is 1. The molecular weight excluding hydrogens is 728 g/mol. The third-order valence-corrected chi connectivity index (χ3v) is 7.49. The highest BCUT2D eigenvalue weighted by atomic mass is 16.6. The maximum atomic E-state index is 13.9. The number of likely N-dealkylation sites (tertiary alicyclic amines) is 1. The number of carbonyl (C=O) groups excluding carboxylic acids is 6. The Morgan fingerprint density at radius 1 is 0.661 bits per heavy atom. The maximum absolute atomic E-state index is 13.9. The highest BCUT2D eigenvalue weighted by Gasteiger charge is 2.33. The maximum Gasteiger partial charge on any atom is 0.414 e. The van der Waals surface area contributed by atoms with E-state index in [2.05, 4.69) is 31.6 Å². The molecular formula is C38H70N8O10. The van der Waals surface area contributed by atoms with E-state index in [-0.39, 0.29) is 24.3 Å². The molecule has 0 spiro atoms. The molecule has 56 heavy (non-hydrogen) atoms. The van der Waals surface area contributed by atoms with Crippen LogP contribution < -0.4 is 32.3 Å². The molecule has 1 aliphatic heterocycles. The van der Waals surface area contributed by atoms with E-state index in [0.717, 1.165) is 0 Å². The first-order chi connectivity index (χ1) is 25.6. The minimum absolute atomic E-state index is 0.124. The van der Waals surface area contributed by atoms with Crippen molar-refractivity contribution in [2.24, 2.45) is 16.6 Å². The van der Waals surface area contributed by atoms with Crippen molar-refractivity contribution >= 4 is 42.1 Å². The third kappa shape index (κ3) is 24.2. The number of nitrogens with zero attached hydrogens (tertiary/aromatic N) is 2. The van der Waals surface area contributed by atoms with Crippen LogP contribution in [0.2, 0.25) is 0 Å². The van der Waals surface area contributed by atoms with E-state index in [1.807, 2.05) is 0 Å². The number of amides is 6. The minimum Gasteiger partial charge on any atom is -0.444 e. The SMILES string of the molecule is CC(C)(C)OC(=O)NCCCC[C@H](NC(=O)[C@@H](N)CCCCNC(=O)OC(C)(C)C)C(=O)N1CC[C@@H](CN=C(NC(=O)OC(C)(C)C)NC(=O)OC(C)(C)C)C1. The molecule has 7 N–H and O–H groups in total. The van der Waals surface area contributed by atoms with Gasteiger partial charge >= 0.3 is 24.4 Å². The van der Waals surface area contributed by atoms with Crippen LogP contribution in [0.15, 0.2) is 4.99 Å². The Morgan fingerprint density at radius 3 is 1.54 bits per heavy atom. The minimum atomic E-state index is -0.880. The highest BCUT2D eigenvalue weighted by Crippen LogP contribution is 2.19. The van der Waals surface area contributed by atoms with Crippen molar-refractivity contribution in [1.82, 2.24) is 31.5 Å². The van der Waals surface area contributed by atoms with Gasteiger partial charge in [-0.15, -0.1) is 0 Å². The van der Waals surface area contributed by atoms with Crippen molar-refractivity contribution < 1.29 is 47.7 Å². The van der Waals surface area contributed by atoms with Crippen molar-refractivity contribution in [2.75, 3.05) is 32.7 Å². The van der Waals surface area contributed by atoms with Gasteiger partial charge in [0.1, 0.15) is 28.4 Å². The van der Waals surface area contributed by atoms with Gasteiger partial charge < -0.3 is 45.5 Å². The van der Waals surface area contributed by atoms with Gasteiger partial charge in [0.15, 0.2) is 0 Å². The van der Waals surface area contributed by atoms with E-state index in [4.69, 9.17) is 24.7 Å². The predicted octanol–water partition coefficient (Wildman–Crippen LogP) is 4.44. The number of hydrogen-bond acceptors (Lipinski definition) is 12. The Bertz CT molecular complexity index is 1310. The van der Waals surface area contributed by atoms with E-state index < -0.39 is 64.8 Å². The molecule has 322 valence electrons.